The highest BCUT2D eigenvalue weighted by Gasteiger charge is 2.04. The third kappa shape index (κ3) is 3.44. The maximum Gasteiger partial charge on any atom is 0.234 e. The normalized spacial score (nSPS) is 10.2. The van der Waals surface area contributed by atoms with Gasteiger partial charge in [0.15, 0.2) is 0 Å². The van der Waals surface area contributed by atoms with E-state index in [0.29, 0.717) is 5.56 Å². The topological polar surface area (TPSA) is 26.3 Å². The Kier molecular flexibility index (Phi) is 4.73. The van der Waals surface area contributed by atoms with Crippen molar-refractivity contribution < 1.29 is 9.53 Å². The van der Waals surface area contributed by atoms with E-state index in [0.717, 1.165) is 36.3 Å². The molecule has 2 aromatic carbocycles. The zero-order valence-electron chi connectivity index (χ0n) is 11.1. The highest BCUT2D eigenvalue weighted by molar-refractivity contribution is 5.87. The molecule has 0 aromatic heterocycles. The fourth-order valence-electron chi connectivity index (χ4n) is 1.89. The molecule has 0 spiro atoms. The van der Waals surface area contributed by atoms with Crippen LogP contribution in [0.4, 0.5) is 0 Å². The van der Waals surface area contributed by atoms with Gasteiger partial charge in [0.2, 0.25) is 6.29 Å². The van der Waals surface area contributed by atoms with E-state index in [9.17, 15) is 4.79 Å². The van der Waals surface area contributed by atoms with Crippen LogP contribution in [0.25, 0.3) is 11.1 Å². The standard InChI is InChI=1S/C17H17O2/c1-2-3-12-19-16-10-8-14(9-11-16)17-7-5-4-6-15(17)13-18/h4-11H,2-3,12H2,1H3. The van der Waals surface area contributed by atoms with Crippen molar-refractivity contribution in [3.05, 3.63) is 54.1 Å². The summed E-state index contributed by atoms with van der Waals surface area (Å²) in [5.74, 6) is 0.866. The molecule has 0 amide bonds. The Morgan fingerprint density at radius 1 is 1.05 bits per heavy atom. The molecule has 0 N–H and O–H groups in total. The second-order valence-electron chi connectivity index (χ2n) is 4.37. The highest BCUT2D eigenvalue weighted by Crippen LogP contribution is 2.24. The van der Waals surface area contributed by atoms with Gasteiger partial charge in [-0.15, -0.1) is 0 Å². The minimum Gasteiger partial charge on any atom is -0.494 e. The lowest BCUT2D eigenvalue weighted by Crippen LogP contribution is -1.96. The van der Waals surface area contributed by atoms with Gasteiger partial charge in [0, 0.05) is 5.56 Å². The summed E-state index contributed by atoms with van der Waals surface area (Å²) in [6, 6.07) is 15.3. The fraction of sp³-hybridized carbons (Fsp3) is 0.235. The molecule has 0 heterocycles. The molecule has 0 unspecified atom stereocenters. The van der Waals surface area contributed by atoms with Crippen LogP contribution in [0.2, 0.25) is 0 Å². The minimum absolute atomic E-state index is 0.585. The van der Waals surface area contributed by atoms with Crippen LogP contribution in [0.5, 0.6) is 5.75 Å². The van der Waals surface area contributed by atoms with Gasteiger partial charge in [0.25, 0.3) is 0 Å². The van der Waals surface area contributed by atoms with Crippen molar-refractivity contribution in [3.63, 3.8) is 0 Å². The molecule has 0 aliphatic rings. The van der Waals surface area contributed by atoms with E-state index in [1.165, 1.54) is 0 Å². The molecule has 2 rings (SSSR count). The van der Waals surface area contributed by atoms with Crippen molar-refractivity contribution in [3.8, 4) is 16.9 Å². The Morgan fingerprint density at radius 2 is 1.79 bits per heavy atom. The molecule has 0 aliphatic heterocycles. The molecule has 2 heteroatoms. The number of benzene rings is 2. The first-order valence-electron chi connectivity index (χ1n) is 6.55. The Hall–Kier alpha value is -2.09. The van der Waals surface area contributed by atoms with Gasteiger partial charge in [-0.3, -0.25) is 4.79 Å². The largest absolute Gasteiger partial charge is 0.494 e. The van der Waals surface area contributed by atoms with E-state index in [4.69, 9.17) is 4.74 Å². The van der Waals surface area contributed by atoms with E-state index >= 15 is 0 Å². The summed E-state index contributed by atoms with van der Waals surface area (Å²) in [6.45, 7) is 2.88. The molecule has 0 fully saturated rings. The summed E-state index contributed by atoms with van der Waals surface area (Å²) in [5, 5.41) is 0. The van der Waals surface area contributed by atoms with Gasteiger partial charge in [-0.1, -0.05) is 49.7 Å². The van der Waals surface area contributed by atoms with Gasteiger partial charge in [-0.25, -0.2) is 0 Å². The van der Waals surface area contributed by atoms with Crippen LogP contribution in [-0.4, -0.2) is 12.9 Å². The van der Waals surface area contributed by atoms with E-state index in [2.05, 4.69) is 6.92 Å². The molecule has 97 valence electrons. The monoisotopic (exact) mass is 253 g/mol. The molecular weight excluding hydrogens is 236 g/mol. The molecule has 0 atom stereocenters. The van der Waals surface area contributed by atoms with Crippen molar-refractivity contribution in [2.75, 3.05) is 6.61 Å². The first-order valence-corrected chi connectivity index (χ1v) is 6.55. The summed E-state index contributed by atoms with van der Waals surface area (Å²) < 4.78 is 5.62. The van der Waals surface area contributed by atoms with Crippen LogP contribution in [0.15, 0.2) is 48.5 Å². The van der Waals surface area contributed by atoms with Crippen LogP contribution in [0.1, 0.15) is 25.3 Å². The molecule has 0 saturated heterocycles. The van der Waals surface area contributed by atoms with Crippen LogP contribution >= 0.6 is 0 Å². The van der Waals surface area contributed by atoms with Crippen LogP contribution in [-0.2, 0) is 4.79 Å². The lowest BCUT2D eigenvalue weighted by Gasteiger charge is -2.07. The first kappa shape index (κ1) is 13.3. The molecule has 0 aliphatic carbocycles. The van der Waals surface area contributed by atoms with Gasteiger partial charge in [0.1, 0.15) is 5.75 Å². The van der Waals surface area contributed by atoms with E-state index in [1.807, 2.05) is 48.8 Å². The van der Waals surface area contributed by atoms with Gasteiger partial charge in [-0.05, 0) is 29.7 Å². The molecule has 0 saturated carbocycles. The van der Waals surface area contributed by atoms with Crippen LogP contribution in [0.3, 0.4) is 0 Å². The Balaban J connectivity index is 2.15. The number of ether oxygens (including phenoxy) is 1. The van der Waals surface area contributed by atoms with Crippen LogP contribution < -0.4 is 4.74 Å². The second kappa shape index (κ2) is 6.74. The minimum atomic E-state index is 0.585. The molecule has 0 bridgehead atoms. The lowest BCUT2D eigenvalue weighted by atomic mass is 10.0. The van der Waals surface area contributed by atoms with Crippen molar-refractivity contribution in [2.24, 2.45) is 0 Å². The molecule has 2 aromatic rings. The Morgan fingerprint density at radius 3 is 2.47 bits per heavy atom. The number of rotatable bonds is 6. The summed E-state index contributed by atoms with van der Waals surface area (Å²) >= 11 is 0. The SMILES string of the molecule is CCCCOc1ccc(-c2ccccc2[C]=O)cc1. The summed E-state index contributed by atoms with van der Waals surface area (Å²) in [4.78, 5) is 10.9. The number of hydrogen-bond acceptors (Lipinski definition) is 2. The Bertz CT molecular complexity index is 529. The summed E-state index contributed by atoms with van der Waals surface area (Å²) in [5.41, 5.74) is 2.49. The predicted octanol–water partition coefficient (Wildman–Crippen LogP) is 3.99. The lowest BCUT2D eigenvalue weighted by molar-refractivity contribution is 0.309. The predicted molar refractivity (Wildman–Crippen MR) is 77.1 cm³/mol. The molecule has 1 radical (unpaired) electrons. The summed E-state index contributed by atoms with van der Waals surface area (Å²) in [7, 11) is 0. The van der Waals surface area contributed by atoms with Gasteiger partial charge < -0.3 is 4.74 Å². The molecular formula is C17H17O2. The van der Waals surface area contributed by atoms with Crippen LogP contribution in [0, 0.1) is 0 Å². The van der Waals surface area contributed by atoms with Crippen molar-refractivity contribution in [1.82, 2.24) is 0 Å². The zero-order chi connectivity index (χ0) is 13.5. The smallest absolute Gasteiger partial charge is 0.234 e. The maximum atomic E-state index is 10.9. The number of hydrogen-bond donors (Lipinski definition) is 0. The average molecular weight is 253 g/mol. The molecule has 19 heavy (non-hydrogen) atoms. The van der Waals surface area contributed by atoms with E-state index in [-0.39, 0.29) is 0 Å². The molecule has 2 nitrogen and oxygen atoms in total. The van der Waals surface area contributed by atoms with Crippen molar-refractivity contribution in [2.45, 2.75) is 19.8 Å². The average Bonchev–Trinajstić information content (AvgIpc) is 2.48. The van der Waals surface area contributed by atoms with E-state index < -0.39 is 0 Å². The third-order valence-corrected chi connectivity index (χ3v) is 2.97. The second-order valence-corrected chi connectivity index (χ2v) is 4.37. The highest BCUT2D eigenvalue weighted by atomic mass is 16.5. The fourth-order valence-corrected chi connectivity index (χ4v) is 1.89. The van der Waals surface area contributed by atoms with Gasteiger partial charge in [0.05, 0.1) is 6.61 Å². The number of unbranched alkanes of at least 4 members (excludes halogenated alkanes) is 1. The van der Waals surface area contributed by atoms with Gasteiger partial charge >= 0.3 is 0 Å². The first-order chi connectivity index (χ1) is 9.35. The van der Waals surface area contributed by atoms with Gasteiger partial charge in [-0.2, -0.15) is 0 Å². The van der Waals surface area contributed by atoms with E-state index in [1.54, 1.807) is 6.07 Å². The summed E-state index contributed by atoms with van der Waals surface area (Å²) in [6.07, 6.45) is 4.16. The van der Waals surface area contributed by atoms with Crippen molar-refractivity contribution in [1.29, 1.82) is 0 Å². The maximum absolute atomic E-state index is 10.9. The Labute approximate surface area is 114 Å². The third-order valence-electron chi connectivity index (χ3n) is 2.97. The quantitative estimate of drug-likeness (QED) is 0.728. The van der Waals surface area contributed by atoms with Crippen molar-refractivity contribution >= 4 is 6.29 Å². The number of carbonyl (C=O) groups excluding carboxylic acids is 1. The zero-order valence-corrected chi connectivity index (χ0v) is 11.1.